The number of hydrogen-bond donors (Lipinski definition) is 2. The highest BCUT2D eigenvalue weighted by atomic mass is 16.4. The molecule has 0 aliphatic carbocycles. The molecule has 2 heterocycles. The van der Waals surface area contributed by atoms with Gasteiger partial charge in [0.1, 0.15) is 5.56 Å². The number of aryl methyl sites for hydroxylation is 2. The highest BCUT2D eigenvalue weighted by Gasteiger charge is 2.20. The Hall–Kier alpha value is -2.64. The molecule has 0 fully saturated rings. The maximum Gasteiger partial charge on any atom is 0.339 e. The standard InChI is InChI=1S/C11H13N5O3/c1-15-4-3-7(13-15)5-12-10(17)9-8(11(18)19)6-16(2)14-9/h3-4,6H,5H2,1-2H3,(H,12,17)(H,18,19). The van der Waals surface area contributed by atoms with Crippen LogP contribution in [-0.4, -0.2) is 36.5 Å². The highest BCUT2D eigenvalue weighted by Crippen LogP contribution is 2.06. The summed E-state index contributed by atoms with van der Waals surface area (Å²) in [6, 6.07) is 1.76. The third-order valence-corrected chi connectivity index (χ3v) is 2.47. The average Bonchev–Trinajstić information content (AvgIpc) is 2.92. The summed E-state index contributed by atoms with van der Waals surface area (Å²) in [6.07, 6.45) is 3.04. The number of aromatic carboxylic acids is 1. The molecule has 0 atom stereocenters. The number of nitrogens with zero attached hydrogens (tertiary/aromatic N) is 4. The van der Waals surface area contributed by atoms with Crippen molar-refractivity contribution < 1.29 is 14.7 Å². The zero-order valence-electron chi connectivity index (χ0n) is 10.5. The van der Waals surface area contributed by atoms with Gasteiger partial charge in [0.25, 0.3) is 5.91 Å². The van der Waals surface area contributed by atoms with E-state index in [1.807, 2.05) is 0 Å². The van der Waals surface area contributed by atoms with Crippen molar-refractivity contribution in [2.24, 2.45) is 14.1 Å². The third kappa shape index (κ3) is 2.79. The SMILES string of the molecule is Cn1ccc(CNC(=O)c2nn(C)cc2C(=O)O)n1. The molecule has 0 aromatic carbocycles. The molecule has 0 aliphatic rings. The minimum Gasteiger partial charge on any atom is -0.478 e. The topological polar surface area (TPSA) is 102 Å². The Balaban J connectivity index is 2.09. The summed E-state index contributed by atoms with van der Waals surface area (Å²) in [5, 5.41) is 19.5. The van der Waals surface area contributed by atoms with Crippen LogP contribution in [0.3, 0.4) is 0 Å². The van der Waals surface area contributed by atoms with E-state index < -0.39 is 11.9 Å². The molecule has 8 nitrogen and oxygen atoms in total. The van der Waals surface area contributed by atoms with E-state index >= 15 is 0 Å². The molecule has 2 aromatic heterocycles. The van der Waals surface area contributed by atoms with Gasteiger partial charge in [-0.25, -0.2) is 4.79 Å². The molecular formula is C11H13N5O3. The minimum absolute atomic E-state index is 0.106. The first-order chi connectivity index (χ1) is 8.97. The summed E-state index contributed by atoms with van der Waals surface area (Å²) in [6.45, 7) is 0.218. The van der Waals surface area contributed by atoms with Gasteiger partial charge in [-0.2, -0.15) is 10.2 Å². The van der Waals surface area contributed by atoms with Gasteiger partial charge >= 0.3 is 5.97 Å². The number of amides is 1. The second-order valence-electron chi connectivity index (χ2n) is 4.03. The summed E-state index contributed by atoms with van der Waals surface area (Å²) in [4.78, 5) is 22.8. The van der Waals surface area contributed by atoms with Crippen LogP contribution in [0.4, 0.5) is 0 Å². The zero-order valence-corrected chi connectivity index (χ0v) is 10.5. The lowest BCUT2D eigenvalue weighted by Crippen LogP contribution is -2.25. The van der Waals surface area contributed by atoms with Gasteiger partial charge in [0.2, 0.25) is 0 Å². The summed E-state index contributed by atoms with van der Waals surface area (Å²) < 4.78 is 2.91. The van der Waals surface area contributed by atoms with Crippen molar-refractivity contribution >= 4 is 11.9 Å². The van der Waals surface area contributed by atoms with Crippen molar-refractivity contribution in [3.05, 3.63) is 35.4 Å². The van der Waals surface area contributed by atoms with Gasteiger partial charge in [0.15, 0.2) is 5.69 Å². The Morgan fingerprint density at radius 1 is 1.32 bits per heavy atom. The van der Waals surface area contributed by atoms with Crippen molar-refractivity contribution in [2.75, 3.05) is 0 Å². The first kappa shape index (κ1) is 12.8. The second kappa shape index (κ2) is 4.92. The normalized spacial score (nSPS) is 10.4. The van der Waals surface area contributed by atoms with Crippen molar-refractivity contribution in [3.63, 3.8) is 0 Å². The lowest BCUT2D eigenvalue weighted by molar-refractivity contribution is 0.0691. The first-order valence-electron chi connectivity index (χ1n) is 5.51. The van der Waals surface area contributed by atoms with Gasteiger partial charge in [-0.05, 0) is 6.07 Å². The maximum atomic E-state index is 11.9. The lowest BCUT2D eigenvalue weighted by Gasteiger charge is -2.01. The fourth-order valence-electron chi connectivity index (χ4n) is 1.62. The molecule has 0 aliphatic heterocycles. The van der Waals surface area contributed by atoms with Crippen LogP contribution < -0.4 is 5.32 Å². The quantitative estimate of drug-likeness (QED) is 0.794. The van der Waals surface area contributed by atoms with Gasteiger partial charge in [-0.15, -0.1) is 0 Å². The van der Waals surface area contributed by atoms with Crippen LogP contribution in [-0.2, 0) is 20.6 Å². The molecule has 0 radical (unpaired) electrons. The van der Waals surface area contributed by atoms with Gasteiger partial charge in [-0.3, -0.25) is 14.2 Å². The zero-order chi connectivity index (χ0) is 14.0. The van der Waals surface area contributed by atoms with Crippen molar-refractivity contribution in [1.29, 1.82) is 0 Å². The number of carbonyl (C=O) groups excluding carboxylic acids is 1. The van der Waals surface area contributed by atoms with Crippen molar-refractivity contribution in [2.45, 2.75) is 6.54 Å². The highest BCUT2D eigenvalue weighted by molar-refractivity contribution is 6.03. The molecule has 2 rings (SSSR count). The Morgan fingerprint density at radius 2 is 2.05 bits per heavy atom. The number of nitrogens with one attached hydrogen (secondary N) is 1. The van der Waals surface area contributed by atoms with E-state index in [0.29, 0.717) is 5.69 Å². The van der Waals surface area contributed by atoms with Crippen molar-refractivity contribution in [3.8, 4) is 0 Å². The third-order valence-electron chi connectivity index (χ3n) is 2.47. The summed E-state index contributed by atoms with van der Waals surface area (Å²) in [5.41, 5.74) is 0.454. The minimum atomic E-state index is -1.18. The molecule has 2 N–H and O–H groups in total. The van der Waals surface area contributed by atoms with Crippen LogP contribution in [0.25, 0.3) is 0 Å². The smallest absolute Gasteiger partial charge is 0.339 e. The maximum absolute atomic E-state index is 11.9. The molecular weight excluding hydrogens is 250 g/mol. The van der Waals surface area contributed by atoms with Gasteiger partial charge in [0, 0.05) is 26.5 Å². The molecule has 100 valence electrons. The fourth-order valence-corrected chi connectivity index (χ4v) is 1.62. The van der Waals surface area contributed by atoms with Gasteiger partial charge < -0.3 is 10.4 Å². The summed E-state index contributed by atoms with van der Waals surface area (Å²) >= 11 is 0. The first-order valence-corrected chi connectivity index (χ1v) is 5.51. The molecule has 0 bridgehead atoms. The van der Waals surface area contributed by atoms with E-state index in [-0.39, 0.29) is 17.8 Å². The van der Waals surface area contributed by atoms with E-state index in [0.717, 1.165) is 0 Å². The van der Waals surface area contributed by atoms with E-state index in [1.165, 1.54) is 10.9 Å². The molecule has 19 heavy (non-hydrogen) atoms. The van der Waals surface area contributed by atoms with Gasteiger partial charge in [-0.1, -0.05) is 0 Å². The molecule has 1 amide bonds. The predicted octanol–water partition coefficient (Wildman–Crippen LogP) is -0.218. The Kier molecular flexibility index (Phi) is 3.32. The summed E-state index contributed by atoms with van der Waals surface area (Å²) in [5.74, 6) is -1.72. The Bertz CT molecular complexity index is 628. The number of carboxylic acid groups (broad SMARTS) is 1. The number of carboxylic acids is 1. The van der Waals surface area contributed by atoms with Crippen LogP contribution in [0.15, 0.2) is 18.5 Å². The van der Waals surface area contributed by atoms with Crippen LogP contribution in [0.5, 0.6) is 0 Å². The largest absolute Gasteiger partial charge is 0.478 e. The Labute approximate surface area is 108 Å². The predicted molar refractivity (Wildman–Crippen MR) is 64.5 cm³/mol. The lowest BCUT2D eigenvalue weighted by atomic mass is 10.2. The number of hydrogen-bond acceptors (Lipinski definition) is 4. The monoisotopic (exact) mass is 263 g/mol. The number of rotatable bonds is 4. The molecule has 0 saturated carbocycles. The van der Waals surface area contributed by atoms with E-state index in [1.54, 1.807) is 31.0 Å². The Morgan fingerprint density at radius 3 is 2.63 bits per heavy atom. The van der Waals surface area contributed by atoms with E-state index in [4.69, 9.17) is 5.11 Å². The van der Waals surface area contributed by atoms with Gasteiger partial charge in [0.05, 0.1) is 12.2 Å². The number of aromatic nitrogens is 4. The molecule has 8 heteroatoms. The van der Waals surface area contributed by atoms with E-state index in [9.17, 15) is 9.59 Å². The molecule has 0 unspecified atom stereocenters. The molecule has 0 spiro atoms. The van der Waals surface area contributed by atoms with Crippen LogP contribution in [0.1, 0.15) is 26.5 Å². The van der Waals surface area contributed by atoms with E-state index in [2.05, 4.69) is 15.5 Å². The summed E-state index contributed by atoms with van der Waals surface area (Å²) in [7, 11) is 3.33. The van der Waals surface area contributed by atoms with Crippen LogP contribution in [0, 0.1) is 0 Å². The second-order valence-corrected chi connectivity index (χ2v) is 4.03. The van der Waals surface area contributed by atoms with Crippen LogP contribution >= 0.6 is 0 Å². The molecule has 0 saturated heterocycles. The average molecular weight is 263 g/mol. The van der Waals surface area contributed by atoms with Crippen LogP contribution in [0.2, 0.25) is 0 Å². The number of carbonyl (C=O) groups is 2. The fraction of sp³-hybridized carbons (Fsp3) is 0.273. The molecule has 2 aromatic rings. The van der Waals surface area contributed by atoms with Crippen molar-refractivity contribution in [1.82, 2.24) is 24.9 Å².